The van der Waals surface area contributed by atoms with Crippen molar-refractivity contribution < 1.29 is 8.42 Å². The van der Waals surface area contributed by atoms with Crippen molar-refractivity contribution in [1.29, 1.82) is 0 Å². The van der Waals surface area contributed by atoms with E-state index < -0.39 is 10.0 Å². The first-order valence-electron chi connectivity index (χ1n) is 3.87. The second-order valence-corrected chi connectivity index (χ2v) is 5.52. The van der Waals surface area contributed by atoms with Gasteiger partial charge in [-0.3, -0.25) is 0 Å². The molecule has 0 amide bonds. The molecule has 0 fully saturated rings. The maximum Gasteiger partial charge on any atom is 0.253 e. The molecule has 1 N–H and O–H groups in total. The van der Waals surface area contributed by atoms with Crippen molar-refractivity contribution >= 4 is 26.0 Å². The third-order valence-electron chi connectivity index (χ3n) is 1.43. The molecule has 0 aliphatic heterocycles. The number of halogens is 1. The van der Waals surface area contributed by atoms with Crippen molar-refractivity contribution in [2.45, 2.75) is 4.90 Å². The molecule has 0 aliphatic carbocycles. The Morgan fingerprint density at radius 3 is 2.14 bits per heavy atom. The molecule has 78 valence electrons. The van der Waals surface area contributed by atoms with Crippen molar-refractivity contribution in [1.82, 2.24) is 9.84 Å². The highest BCUT2D eigenvalue weighted by Gasteiger charge is 2.13. The molecular weight excluding hydrogens is 268 g/mol. The summed E-state index contributed by atoms with van der Waals surface area (Å²) in [7, 11) is -0.178. The summed E-state index contributed by atoms with van der Waals surface area (Å²) in [6.07, 6.45) is 0. The van der Waals surface area contributed by atoms with Gasteiger partial charge in [-0.15, -0.1) is 4.83 Å². The molecule has 0 heterocycles. The first-order chi connectivity index (χ1) is 6.42. The van der Waals surface area contributed by atoms with E-state index in [1.165, 1.54) is 17.1 Å². The number of nitrogens with zero attached hydrogens (tertiary/aromatic N) is 1. The molecule has 0 saturated heterocycles. The molecule has 0 atom stereocenters. The lowest BCUT2D eigenvalue weighted by Gasteiger charge is -2.12. The van der Waals surface area contributed by atoms with E-state index in [0.29, 0.717) is 0 Å². The third-order valence-corrected chi connectivity index (χ3v) is 3.45. The fourth-order valence-electron chi connectivity index (χ4n) is 0.907. The molecule has 0 aromatic heterocycles. The van der Waals surface area contributed by atoms with E-state index in [0.717, 1.165) is 4.47 Å². The van der Waals surface area contributed by atoms with Crippen molar-refractivity contribution in [3.05, 3.63) is 28.7 Å². The predicted octanol–water partition coefficient (Wildman–Crippen LogP) is 1.20. The smallest absolute Gasteiger partial charge is 0.237 e. The Balaban J connectivity index is 2.99. The second-order valence-electron chi connectivity index (χ2n) is 2.94. The second kappa shape index (κ2) is 4.39. The Morgan fingerprint density at radius 1 is 1.21 bits per heavy atom. The number of sulfonamides is 1. The van der Waals surface area contributed by atoms with Crippen LogP contribution in [0.2, 0.25) is 0 Å². The average Bonchev–Trinajstić information content (AvgIpc) is 2.02. The largest absolute Gasteiger partial charge is 0.253 e. The number of hydrogen-bond acceptors (Lipinski definition) is 3. The van der Waals surface area contributed by atoms with Crippen LogP contribution >= 0.6 is 15.9 Å². The quantitative estimate of drug-likeness (QED) is 0.846. The molecule has 0 bridgehead atoms. The number of rotatable bonds is 3. The number of nitrogens with one attached hydrogen (secondary N) is 1. The Morgan fingerprint density at radius 2 is 1.71 bits per heavy atom. The lowest BCUT2D eigenvalue weighted by molar-refractivity contribution is 0.364. The van der Waals surface area contributed by atoms with Gasteiger partial charge in [-0.05, 0) is 24.3 Å². The first-order valence-corrected chi connectivity index (χ1v) is 6.15. The highest BCUT2D eigenvalue weighted by molar-refractivity contribution is 9.10. The van der Waals surface area contributed by atoms with Crippen LogP contribution in [0.3, 0.4) is 0 Å². The average molecular weight is 279 g/mol. The van der Waals surface area contributed by atoms with E-state index in [9.17, 15) is 8.42 Å². The maximum atomic E-state index is 11.6. The van der Waals surface area contributed by atoms with Crippen LogP contribution in [0.1, 0.15) is 0 Å². The molecule has 0 radical (unpaired) electrons. The first kappa shape index (κ1) is 11.6. The molecule has 0 aliphatic rings. The number of hydrogen-bond donors (Lipinski definition) is 1. The van der Waals surface area contributed by atoms with E-state index >= 15 is 0 Å². The van der Waals surface area contributed by atoms with E-state index in [4.69, 9.17) is 0 Å². The van der Waals surface area contributed by atoms with Crippen molar-refractivity contribution in [3.8, 4) is 0 Å². The molecule has 0 unspecified atom stereocenters. The predicted molar refractivity (Wildman–Crippen MR) is 58.2 cm³/mol. The lowest BCUT2D eigenvalue weighted by atomic mass is 10.4. The van der Waals surface area contributed by atoms with Gasteiger partial charge < -0.3 is 0 Å². The third kappa shape index (κ3) is 3.06. The minimum absolute atomic E-state index is 0.245. The standard InChI is InChI=1S/C8H11BrN2O2S/c1-11(2)10-14(12,13)8-5-3-7(9)4-6-8/h3-6,10H,1-2H3. The lowest BCUT2D eigenvalue weighted by Crippen LogP contribution is -2.36. The van der Waals surface area contributed by atoms with E-state index in [2.05, 4.69) is 20.8 Å². The van der Waals surface area contributed by atoms with Crippen LogP contribution in [0.25, 0.3) is 0 Å². The summed E-state index contributed by atoms with van der Waals surface area (Å²) >= 11 is 3.24. The van der Waals surface area contributed by atoms with Crippen LogP contribution in [-0.2, 0) is 10.0 Å². The Labute approximate surface area is 92.1 Å². The minimum Gasteiger partial charge on any atom is -0.237 e. The molecule has 0 spiro atoms. The zero-order valence-corrected chi connectivity index (χ0v) is 10.3. The van der Waals surface area contributed by atoms with Crippen LogP contribution < -0.4 is 4.83 Å². The summed E-state index contributed by atoms with van der Waals surface area (Å²) < 4.78 is 24.0. The van der Waals surface area contributed by atoms with Gasteiger partial charge in [0, 0.05) is 18.6 Å². The van der Waals surface area contributed by atoms with Crippen LogP contribution in [0.5, 0.6) is 0 Å². The monoisotopic (exact) mass is 278 g/mol. The fraction of sp³-hybridized carbons (Fsp3) is 0.250. The van der Waals surface area contributed by atoms with Crippen molar-refractivity contribution in [2.24, 2.45) is 0 Å². The van der Waals surface area contributed by atoms with E-state index in [-0.39, 0.29) is 4.90 Å². The van der Waals surface area contributed by atoms with E-state index in [1.54, 1.807) is 26.2 Å². The minimum atomic E-state index is -3.42. The molecule has 1 rings (SSSR count). The number of hydrazine groups is 1. The highest BCUT2D eigenvalue weighted by Crippen LogP contribution is 2.14. The zero-order chi connectivity index (χ0) is 10.8. The van der Waals surface area contributed by atoms with Gasteiger partial charge in [0.2, 0.25) is 0 Å². The van der Waals surface area contributed by atoms with Crippen LogP contribution in [0.4, 0.5) is 0 Å². The van der Waals surface area contributed by atoms with Gasteiger partial charge in [-0.1, -0.05) is 15.9 Å². The topological polar surface area (TPSA) is 49.4 Å². The summed E-state index contributed by atoms with van der Waals surface area (Å²) in [6, 6.07) is 6.44. The zero-order valence-electron chi connectivity index (χ0n) is 7.86. The summed E-state index contributed by atoms with van der Waals surface area (Å²) in [4.78, 5) is 2.59. The molecule has 0 saturated carbocycles. The van der Waals surface area contributed by atoms with Crippen LogP contribution in [0, 0.1) is 0 Å². The van der Waals surface area contributed by atoms with Gasteiger partial charge in [-0.2, -0.15) is 0 Å². The summed E-state index contributed by atoms with van der Waals surface area (Å²) in [5, 5.41) is 1.39. The van der Waals surface area contributed by atoms with Gasteiger partial charge in [0.25, 0.3) is 10.0 Å². The van der Waals surface area contributed by atoms with Crippen molar-refractivity contribution in [3.63, 3.8) is 0 Å². The van der Waals surface area contributed by atoms with Crippen LogP contribution in [-0.4, -0.2) is 27.5 Å². The van der Waals surface area contributed by atoms with E-state index in [1.807, 2.05) is 0 Å². The van der Waals surface area contributed by atoms with Gasteiger partial charge >= 0.3 is 0 Å². The van der Waals surface area contributed by atoms with Crippen LogP contribution in [0.15, 0.2) is 33.6 Å². The van der Waals surface area contributed by atoms with Gasteiger partial charge in [0.15, 0.2) is 0 Å². The Kier molecular flexibility index (Phi) is 3.65. The summed E-state index contributed by atoms with van der Waals surface area (Å²) in [5.41, 5.74) is 0. The molecule has 14 heavy (non-hydrogen) atoms. The molecule has 1 aromatic carbocycles. The Hall–Kier alpha value is -0.430. The molecule has 1 aromatic rings. The molecule has 4 nitrogen and oxygen atoms in total. The fourth-order valence-corrected chi connectivity index (χ4v) is 2.25. The van der Waals surface area contributed by atoms with Crippen molar-refractivity contribution in [2.75, 3.05) is 14.1 Å². The highest BCUT2D eigenvalue weighted by atomic mass is 79.9. The number of benzene rings is 1. The normalized spacial score (nSPS) is 12.0. The summed E-state index contributed by atoms with van der Waals surface area (Å²) in [5.74, 6) is 0. The maximum absolute atomic E-state index is 11.6. The molecular formula is C8H11BrN2O2S. The SMILES string of the molecule is CN(C)NS(=O)(=O)c1ccc(Br)cc1. The summed E-state index contributed by atoms with van der Waals surface area (Å²) in [6.45, 7) is 0. The molecule has 6 heteroatoms. The van der Waals surface area contributed by atoms with Gasteiger partial charge in [0.05, 0.1) is 4.90 Å². The van der Waals surface area contributed by atoms with Gasteiger partial charge in [-0.25, -0.2) is 13.4 Å². The Bertz CT molecular complexity index is 400. The van der Waals surface area contributed by atoms with Gasteiger partial charge in [0.1, 0.15) is 0 Å².